The number of carbonyl (C=O) groups excluding carboxylic acids is 2. The molecular weight excluding hydrogens is 516 g/mol. The topological polar surface area (TPSA) is 94.9 Å². The Morgan fingerprint density at radius 3 is 2.51 bits per heavy atom. The fourth-order valence-corrected chi connectivity index (χ4v) is 5.05. The molecule has 1 aromatic heterocycles. The highest BCUT2D eigenvalue weighted by molar-refractivity contribution is 6.30. The zero-order valence-corrected chi connectivity index (χ0v) is 22.5. The quantitative estimate of drug-likeness (QED) is 0.352. The summed E-state index contributed by atoms with van der Waals surface area (Å²) in [6.45, 7) is 1.07. The summed E-state index contributed by atoms with van der Waals surface area (Å²) in [4.78, 5) is 43.0. The van der Waals surface area contributed by atoms with Gasteiger partial charge in [0.05, 0.1) is 17.3 Å². The summed E-state index contributed by atoms with van der Waals surface area (Å²) < 4.78 is 1.68. The molecule has 200 valence electrons. The summed E-state index contributed by atoms with van der Waals surface area (Å²) in [6, 6.07) is 20.2. The first-order valence-electron chi connectivity index (χ1n) is 12.6. The van der Waals surface area contributed by atoms with E-state index in [-0.39, 0.29) is 24.6 Å². The number of hydrogen-bond donors (Lipinski definition) is 2. The Hall–Kier alpha value is -3.98. The van der Waals surface area contributed by atoms with Gasteiger partial charge in [0.1, 0.15) is 12.1 Å². The van der Waals surface area contributed by atoms with Crippen LogP contribution in [-0.2, 0) is 24.4 Å². The van der Waals surface area contributed by atoms with E-state index in [1.54, 1.807) is 46.8 Å². The molecule has 2 amide bonds. The largest absolute Gasteiger partial charge is 0.387 e. The van der Waals surface area contributed by atoms with Gasteiger partial charge in [-0.1, -0.05) is 54.1 Å². The molecular formula is C30H29ClN4O4. The first-order valence-corrected chi connectivity index (χ1v) is 13.0. The second-order valence-electron chi connectivity index (χ2n) is 9.90. The lowest BCUT2D eigenvalue weighted by Crippen LogP contribution is -2.37. The zero-order chi connectivity index (χ0) is 27.7. The van der Waals surface area contributed by atoms with E-state index in [1.165, 1.54) is 6.20 Å². The number of halogens is 1. The van der Waals surface area contributed by atoms with Crippen LogP contribution in [0.5, 0.6) is 0 Å². The van der Waals surface area contributed by atoms with Crippen LogP contribution in [0, 0.1) is 0 Å². The molecule has 0 fully saturated rings. The number of anilines is 1. The molecule has 0 saturated carbocycles. The normalized spacial score (nSPS) is 13.7. The summed E-state index contributed by atoms with van der Waals surface area (Å²) in [5, 5.41) is 14.4. The highest BCUT2D eigenvalue weighted by Crippen LogP contribution is 2.31. The number of likely N-dealkylation sites (N-methyl/N-ethyl adjacent to an activating group) is 2. The molecule has 0 radical (unpaired) electrons. The highest BCUT2D eigenvalue weighted by atomic mass is 35.5. The molecule has 9 heteroatoms. The number of aliphatic hydroxyl groups is 1. The molecule has 1 atom stereocenters. The number of pyridine rings is 1. The molecule has 2 heterocycles. The van der Waals surface area contributed by atoms with E-state index in [2.05, 4.69) is 5.32 Å². The number of rotatable bonds is 8. The van der Waals surface area contributed by atoms with Crippen LogP contribution in [0.1, 0.15) is 33.2 Å². The Morgan fingerprint density at radius 2 is 1.79 bits per heavy atom. The third-order valence-corrected chi connectivity index (χ3v) is 7.24. The number of nitrogens with zero attached hydrogens (tertiary/aromatic N) is 3. The minimum Gasteiger partial charge on any atom is -0.387 e. The number of carbonyl (C=O) groups is 2. The average Bonchev–Trinajstić information content (AvgIpc) is 2.93. The van der Waals surface area contributed by atoms with Crippen molar-refractivity contribution in [2.45, 2.75) is 25.7 Å². The molecule has 1 aliphatic rings. The zero-order valence-electron chi connectivity index (χ0n) is 21.7. The van der Waals surface area contributed by atoms with E-state index in [9.17, 15) is 19.5 Å². The smallest absolute Gasteiger partial charge is 0.257 e. The summed E-state index contributed by atoms with van der Waals surface area (Å²) >= 11 is 5.94. The van der Waals surface area contributed by atoms with E-state index in [1.807, 2.05) is 48.3 Å². The number of aliphatic hydroxyl groups excluding tert-OH is 1. The molecule has 1 aliphatic heterocycles. The molecule has 4 aromatic rings. The Morgan fingerprint density at radius 1 is 1.08 bits per heavy atom. The van der Waals surface area contributed by atoms with Gasteiger partial charge in [0.2, 0.25) is 11.3 Å². The number of amides is 2. The van der Waals surface area contributed by atoms with Gasteiger partial charge in [-0.25, -0.2) is 0 Å². The van der Waals surface area contributed by atoms with Crippen molar-refractivity contribution in [3.05, 3.63) is 110 Å². The number of benzene rings is 3. The van der Waals surface area contributed by atoms with Crippen LogP contribution in [0.2, 0.25) is 5.02 Å². The fourth-order valence-electron chi connectivity index (χ4n) is 4.93. The number of aromatic nitrogens is 1. The van der Waals surface area contributed by atoms with Crippen molar-refractivity contribution in [1.82, 2.24) is 14.8 Å². The molecule has 3 aromatic carbocycles. The maximum Gasteiger partial charge on any atom is 0.257 e. The molecule has 5 rings (SSSR count). The second-order valence-corrected chi connectivity index (χ2v) is 10.3. The molecule has 0 bridgehead atoms. The fraction of sp³-hybridized carbons (Fsp3) is 0.233. The molecule has 0 spiro atoms. The van der Waals surface area contributed by atoms with Gasteiger partial charge in [0.25, 0.3) is 5.91 Å². The maximum absolute atomic E-state index is 13.6. The minimum atomic E-state index is -0.674. The highest BCUT2D eigenvalue weighted by Gasteiger charge is 2.27. The van der Waals surface area contributed by atoms with Gasteiger partial charge >= 0.3 is 0 Å². The lowest BCUT2D eigenvalue weighted by Gasteiger charge is -2.29. The van der Waals surface area contributed by atoms with Crippen molar-refractivity contribution in [3.63, 3.8) is 0 Å². The van der Waals surface area contributed by atoms with Crippen LogP contribution in [0.3, 0.4) is 0 Å². The van der Waals surface area contributed by atoms with Crippen LogP contribution in [0.4, 0.5) is 5.69 Å². The predicted octanol–water partition coefficient (Wildman–Crippen LogP) is 3.73. The summed E-state index contributed by atoms with van der Waals surface area (Å²) in [7, 11) is 3.57. The summed E-state index contributed by atoms with van der Waals surface area (Å²) in [5.41, 5.74) is 3.27. The van der Waals surface area contributed by atoms with Crippen molar-refractivity contribution in [2.24, 2.45) is 0 Å². The molecule has 8 nitrogen and oxygen atoms in total. The third kappa shape index (κ3) is 5.59. The van der Waals surface area contributed by atoms with Crippen LogP contribution >= 0.6 is 11.6 Å². The van der Waals surface area contributed by atoms with Crippen LogP contribution in [0.25, 0.3) is 10.9 Å². The molecule has 0 aliphatic carbocycles. The van der Waals surface area contributed by atoms with E-state index in [0.29, 0.717) is 34.7 Å². The van der Waals surface area contributed by atoms with Crippen molar-refractivity contribution in [1.29, 1.82) is 0 Å². The summed E-state index contributed by atoms with van der Waals surface area (Å²) in [5.74, 6) is -0.660. The van der Waals surface area contributed by atoms with Gasteiger partial charge in [0, 0.05) is 43.3 Å². The van der Waals surface area contributed by atoms with Gasteiger partial charge in [-0.15, -0.1) is 0 Å². The number of hydrogen-bond acceptors (Lipinski definition) is 5. The van der Waals surface area contributed by atoms with Crippen molar-refractivity contribution in [3.8, 4) is 0 Å². The van der Waals surface area contributed by atoms with E-state index in [4.69, 9.17) is 11.6 Å². The second kappa shape index (κ2) is 11.0. The van der Waals surface area contributed by atoms with Gasteiger partial charge in [-0.2, -0.15) is 0 Å². The first-order chi connectivity index (χ1) is 18.7. The minimum absolute atomic E-state index is 0.0234. The first kappa shape index (κ1) is 26.6. The lowest BCUT2D eigenvalue weighted by molar-refractivity contribution is -0.119. The lowest BCUT2D eigenvalue weighted by atomic mass is 10.0. The standard InChI is InChI=1S/C30H29ClN4O4/c1-33(17-26(36)21-6-4-3-5-7-21)15-20-12-23-28-25(13-20)34(2)27(37)18-35(28)16-24(29(23)38)30(39)32-14-19-8-10-22(31)11-9-19/h3-13,16,26,36H,14-15,17-18H2,1-2H3,(H,32,39)/t26-/m0/s1. The third-order valence-electron chi connectivity index (χ3n) is 6.98. The van der Waals surface area contributed by atoms with Gasteiger partial charge < -0.3 is 19.9 Å². The molecule has 0 unspecified atom stereocenters. The molecule has 2 N–H and O–H groups in total. The monoisotopic (exact) mass is 544 g/mol. The van der Waals surface area contributed by atoms with Gasteiger partial charge in [-0.05, 0) is 48.0 Å². The Balaban J connectivity index is 1.46. The molecule has 0 saturated heterocycles. The van der Waals surface area contributed by atoms with Gasteiger partial charge in [-0.3, -0.25) is 19.3 Å². The van der Waals surface area contributed by atoms with Crippen LogP contribution in [0.15, 0.2) is 77.7 Å². The SMILES string of the molecule is CN(Cc1cc2c3c(c1)c(=O)c(C(=O)NCc1ccc(Cl)cc1)cn3CC(=O)N2C)C[C@H](O)c1ccccc1. The Labute approximate surface area is 231 Å². The maximum atomic E-state index is 13.6. The number of nitrogens with one attached hydrogen (secondary N) is 1. The van der Waals surface area contributed by atoms with E-state index in [0.717, 1.165) is 16.7 Å². The van der Waals surface area contributed by atoms with Gasteiger partial charge in [0.15, 0.2) is 0 Å². The van der Waals surface area contributed by atoms with E-state index >= 15 is 0 Å². The van der Waals surface area contributed by atoms with Crippen LogP contribution < -0.4 is 15.6 Å². The van der Waals surface area contributed by atoms with Crippen molar-refractivity contribution in [2.75, 3.05) is 25.5 Å². The van der Waals surface area contributed by atoms with Crippen LogP contribution in [-0.4, -0.2) is 47.0 Å². The average molecular weight is 545 g/mol. The van der Waals surface area contributed by atoms with Crippen molar-refractivity contribution < 1.29 is 14.7 Å². The summed E-state index contributed by atoms with van der Waals surface area (Å²) in [6.07, 6.45) is 0.797. The predicted molar refractivity (Wildman–Crippen MR) is 152 cm³/mol. The Bertz CT molecular complexity index is 1600. The van der Waals surface area contributed by atoms with E-state index < -0.39 is 17.4 Å². The van der Waals surface area contributed by atoms with Crippen molar-refractivity contribution >= 4 is 40.0 Å². The Kier molecular flexibility index (Phi) is 7.52. The molecule has 39 heavy (non-hydrogen) atoms.